The normalized spacial score (nSPS) is 12.1. The molecule has 2 aromatic heterocycles. The molecule has 2 heterocycles. The minimum atomic E-state index is -0.353. The number of rotatable bonds is 5. The molecule has 0 saturated heterocycles. The first-order valence-corrected chi connectivity index (χ1v) is 8.28. The number of nitrogens with zero attached hydrogens (tertiary/aromatic N) is 4. The summed E-state index contributed by atoms with van der Waals surface area (Å²) in [7, 11) is 1.89. The number of benzene rings is 1. The van der Waals surface area contributed by atoms with Gasteiger partial charge in [0.1, 0.15) is 5.76 Å². The lowest BCUT2D eigenvalue weighted by molar-refractivity contribution is -0.115. The van der Waals surface area contributed by atoms with Crippen LogP contribution in [0.2, 0.25) is 0 Å². The fraction of sp³-hybridized carbons (Fsp3) is 0.250. The van der Waals surface area contributed by atoms with Gasteiger partial charge in [0, 0.05) is 18.7 Å². The van der Waals surface area contributed by atoms with E-state index in [9.17, 15) is 4.79 Å². The Bertz CT molecular complexity index is 843. The molecule has 3 aromatic rings. The summed E-state index contributed by atoms with van der Waals surface area (Å²) >= 11 is 1.34. The van der Waals surface area contributed by atoms with Crippen molar-refractivity contribution in [1.29, 1.82) is 0 Å². The quantitative estimate of drug-likeness (QED) is 0.717. The van der Waals surface area contributed by atoms with Crippen molar-refractivity contribution in [2.24, 2.45) is 7.05 Å². The highest BCUT2D eigenvalue weighted by Gasteiger charge is 2.20. The molecule has 0 radical (unpaired) electrons. The van der Waals surface area contributed by atoms with E-state index in [1.54, 1.807) is 13.0 Å². The van der Waals surface area contributed by atoms with Crippen molar-refractivity contribution in [3.63, 3.8) is 0 Å². The number of carbonyl (C=O) groups is 1. The number of anilines is 1. The standard InChI is InChI=1S/C16H17N5O2S/c1-10-9-13(20-23-10)17-15(22)11(2)24-16-19-18-14(21(16)3)12-7-5-4-6-8-12/h4-9,11H,1-3H3,(H,17,20,22). The lowest BCUT2D eigenvalue weighted by atomic mass is 10.2. The Morgan fingerprint density at radius 1 is 1.29 bits per heavy atom. The second-order valence-electron chi connectivity index (χ2n) is 5.30. The lowest BCUT2D eigenvalue weighted by Crippen LogP contribution is -2.23. The molecule has 0 spiro atoms. The van der Waals surface area contributed by atoms with Crippen molar-refractivity contribution in [3.8, 4) is 11.4 Å². The highest BCUT2D eigenvalue weighted by molar-refractivity contribution is 8.00. The number of amides is 1. The first kappa shape index (κ1) is 16.3. The van der Waals surface area contributed by atoms with Crippen LogP contribution in [0.4, 0.5) is 5.82 Å². The van der Waals surface area contributed by atoms with E-state index in [0.29, 0.717) is 16.7 Å². The largest absolute Gasteiger partial charge is 0.360 e. The third-order valence-electron chi connectivity index (χ3n) is 3.40. The number of hydrogen-bond donors (Lipinski definition) is 1. The van der Waals surface area contributed by atoms with Crippen LogP contribution in [-0.4, -0.2) is 31.1 Å². The van der Waals surface area contributed by atoms with Gasteiger partial charge in [-0.15, -0.1) is 10.2 Å². The minimum Gasteiger partial charge on any atom is -0.360 e. The molecule has 0 aliphatic carbocycles. The van der Waals surface area contributed by atoms with Gasteiger partial charge in [0.05, 0.1) is 5.25 Å². The Morgan fingerprint density at radius 3 is 2.71 bits per heavy atom. The Balaban J connectivity index is 1.69. The SMILES string of the molecule is Cc1cc(NC(=O)C(C)Sc2nnc(-c3ccccc3)n2C)no1. The first-order valence-electron chi connectivity index (χ1n) is 7.40. The summed E-state index contributed by atoms with van der Waals surface area (Å²) in [5.41, 5.74) is 0.981. The molecule has 1 amide bonds. The van der Waals surface area contributed by atoms with E-state index in [1.165, 1.54) is 11.8 Å². The highest BCUT2D eigenvalue weighted by atomic mass is 32.2. The van der Waals surface area contributed by atoms with Crippen LogP contribution in [0.3, 0.4) is 0 Å². The molecular formula is C16H17N5O2S. The van der Waals surface area contributed by atoms with Crippen LogP contribution in [0.1, 0.15) is 12.7 Å². The zero-order valence-electron chi connectivity index (χ0n) is 13.6. The molecule has 124 valence electrons. The van der Waals surface area contributed by atoms with Gasteiger partial charge in [-0.05, 0) is 13.8 Å². The molecule has 24 heavy (non-hydrogen) atoms. The molecule has 1 unspecified atom stereocenters. The molecule has 0 fully saturated rings. The van der Waals surface area contributed by atoms with E-state index in [2.05, 4.69) is 20.7 Å². The average Bonchev–Trinajstić information content (AvgIpc) is 3.14. The van der Waals surface area contributed by atoms with Gasteiger partial charge in [-0.3, -0.25) is 4.79 Å². The zero-order valence-corrected chi connectivity index (χ0v) is 14.4. The van der Waals surface area contributed by atoms with Gasteiger partial charge in [0.25, 0.3) is 0 Å². The highest BCUT2D eigenvalue weighted by Crippen LogP contribution is 2.26. The predicted molar refractivity (Wildman–Crippen MR) is 91.6 cm³/mol. The maximum atomic E-state index is 12.2. The summed E-state index contributed by atoms with van der Waals surface area (Å²) in [4.78, 5) is 12.2. The van der Waals surface area contributed by atoms with Crippen molar-refractivity contribution < 1.29 is 9.32 Å². The monoisotopic (exact) mass is 343 g/mol. The zero-order chi connectivity index (χ0) is 17.1. The van der Waals surface area contributed by atoms with E-state index in [-0.39, 0.29) is 11.2 Å². The Hall–Kier alpha value is -2.61. The maximum Gasteiger partial charge on any atom is 0.238 e. The maximum absolute atomic E-state index is 12.2. The van der Waals surface area contributed by atoms with Crippen LogP contribution in [-0.2, 0) is 11.8 Å². The van der Waals surface area contributed by atoms with Crippen molar-refractivity contribution in [2.45, 2.75) is 24.3 Å². The molecule has 0 aliphatic heterocycles. The first-order chi connectivity index (χ1) is 11.5. The van der Waals surface area contributed by atoms with Gasteiger partial charge < -0.3 is 14.4 Å². The second kappa shape index (κ2) is 6.88. The van der Waals surface area contributed by atoms with Crippen LogP contribution in [0.15, 0.2) is 46.1 Å². The van der Waals surface area contributed by atoms with Crippen LogP contribution in [0.25, 0.3) is 11.4 Å². The van der Waals surface area contributed by atoms with Gasteiger partial charge in [0.15, 0.2) is 16.8 Å². The molecule has 1 N–H and O–H groups in total. The summed E-state index contributed by atoms with van der Waals surface area (Å²) < 4.78 is 6.82. The molecule has 0 bridgehead atoms. The molecule has 7 nitrogen and oxygen atoms in total. The predicted octanol–water partition coefficient (Wildman–Crippen LogP) is 2.90. The number of nitrogens with one attached hydrogen (secondary N) is 1. The Kier molecular flexibility index (Phi) is 4.66. The van der Waals surface area contributed by atoms with Crippen LogP contribution < -0.4 is 5.32 Å². The molecule has 3 rings (SSSR count). The van der Waals surface area contributed by atoms with Crippen LogP contribution in [0, 0.1) is 6.92 Å². The molecular weight excluding hydrogens is 326 g/mol. The molecule has 1 atom stereocenters. The van der Waals surface area contributed by atoms with Crippen molar-refractivity contribution in [2.75, 3.05) is 5.32 Å². The lowest BCUT2D eigenvalue weighted by Gasteiger charge is -2.10. The number of aryl methyl sites for hydroxylation is 1. The van der Waals surface area contributed by atoms with Gasteiger partial charge in [0.2, 0.25) is 5.91 Å². The number of aromatic nitrogens is 4. The Labute approximate surface area is 143 Å². The summed E-state index contributed by atoms with van der Waals surface area (Å²) in [6.07, 6.45) is 0. The van der Waals surface area contributed by atoms with E-state index in [1.807, 2.05) is 48.9 Å². The van der Waals surface area contributed by atoms with E-state index < -0.39 is 0 Å². The topological polar surface area (TPSA) is 85.8 Å². The van der Waals surface area contributed by atoms with E-state index >= 15 is 0 Å². The van der Waals surface area contributed by atoms with Crippen LogP contribution >= 0.6 is 11.8 Å². The molecule has 0 saturated carbocycles. The summed E-state index contributed by atoms with van der Waals surface area (Å²) in [5, 5.41) is 15.2. The number of hydrogen-bond acceptors (Lipinski definition) is 6. The smallest absolute Gasteiger partial charge is 0.238 e. The van der Waals surface area contributed by atoms with Gasteiger partial charge in [-0.1, -0.05) is 47.3 Å². The summed E-state index contributed by atoms with van der Waals surface area (Å²) in [6.45, 7) is 3.58. The number of carbonyl (C=O) groups excluding carboxylic acids is 1. The molecule has 0 aliphatic rings. The van der Waals surface area contributed by atoms with Crippen LogP contribution in [0.5, 0.6) is 0 Å². The summed E-state index contributed by atoms with van der Waals surface area (Å²) in [6, 6.07) is 11.5. The van der Waals surface area contributed by atoms with E-state index in [4.69, 9.17) is 4.52 Å². The van der Waals surface area contributed by atoms with Gasteiger partial charge in [-0.25, -0.2) is 0 Å². The molecule has 1 aromatic carbocycles. The minimum absolute atomic E-state index is 0.169. The second-order valence-corrected chi connectivity index (χ2v) is 6.61. The van der Waals surface area contributed by atoms with Gasteiger partial charge in [-0.2, -0.15) is 0 Å². The molecule has 8 heteroatoms. The van der Waals surface area contributed by atoms with Crippen molar-refractivity contribution in [3.05, 3.63) is 42.2 Å². The summed E-state index contributed by atoms with van der Waals surface area (Å²) in [5.74, 6) is 1.65. The third kappa shape index (κ3) is 3.48. The van der Waals surface area contributed by atoms with E-state index in [0.717, 1.165) is 11.4 Å². The van der Waals surface area contributed by atoms with Gasteiger partial charge >= 0.3 is 0 Å². The fourth-order valence-electron chi connectivity index (χ4n) is 2.12. The fourth-order valence-corrected chi connectivity index (χ4v) is 2.94. The van der Waals surface area contributed by atoms with Crippen molar-refractivity contribution >= 4 is 23.5 Å². The average molecular weight is 343 g/mol. The Morgan fingerprint density at radius 2 is 2.04 bits per heavy atom. The van der Waals surface area contributed by atoms with Crippen molar-refractivity contribution in [1.82, 2.24) is 19.9 Å². The number of thioether (sulfide) groups is 1. The third-order valence-corrected chi connectivity index (χ3v) is 4.53.